The van der Waals surface area contributed by atoms with Crippen LogP contribution in [0.3, 0.4) is 0 Å². The van der Waals surface area contributed by atoms with Crippen molar-refractivity contribution in [3.8, 4) is 0 Å². The van der Waals surface area contributed by atoms with Crippen LogP contribution in [0.25, 0.3) is 11.0 Å². The van der Waals surface area contributed by atoms with Crippen LogP contribution in [-0.2, 0) is 23.0 Å². The van der Waals surface area contributed by atoms with Gasteiger partial charge in [-0.1, -0.05) is 50.4 Å². The average molecular weight is 462 g/mol. The fourth-order valence-electron chi connectivity index (χ4n) is 3.49. The van der Waals surface area contributed by atoms with Gasteiger partial charge in [0.25, 0.3) is 5.91 Å². The molecule has 0 bridgehead atoms. The van der Waals surface area contributed by atoms with Crippen molar-refractivity contribution in [3.05, 3.63) is 63.9 Å². The predicted octanol–water partition coefficient (Wildman–Crippen LogP) is 4.86. The molecular formula is C23H28ClN3O3S. The molecule has 1 amide bonds. The van der Waals surface area contributed by atoms with Gasteiger partial charge in [0.1, 0.15) is 5.82 Å². The first-order valence-corrected chi connectivity index (χ1v) is 12.6. The van der Waals surface area contributed by atoms with Crippen LogP contribution in [0.15, 0.2) is 36.4 Å². The van der Waals surface area contributed by atoms with Crippen LogP contribution in [0.5, 0.6) is 0 Å². The Hall–Kier alpha value is -2.38. The van der Waals surface area contributed by atoms with E-state index in [1.807, 2.05) is 30.5 Å². The lowest BCUT2D eigenvalue weighted by molar-refractivity contribution is 0.0981. The third kappa shape index (κ3) is 5.66. The molecule has 166 valence electrons. The smallest absolute Gasteiger partial charge is 0.264 e. The number of unbranched alkanes of at least 4 members (excludes halogenated alkanes) is 2. The molecule has 0 saturated carbocycles. The maximum absolute atomic E-state index is 12.6. The third-order valence-corrected chi connectivity index (χ3v) is 6.99. The lowest BCUT2D eigenvalue weighted by Crippen LogP contribution is -2.32. The summed E-state index contributed by atoms with van der Waals surface area (Å²) in [4.78, 5) is 17.2. The lowest BCUT2D eigenvalue weighted by Gasteiger charge is -2.11. The predicted molar refractivity (Wildman–Crippen MR) is 125 cm³/mol. The van der Waals surface area contributed by atoms with Crippen LogP contribution in [0.2, 0.25) is 5.02 Å². The third-order valence-electron chi connectivity index (χ3n) is 5.32. The van der Waals surface area contributed by atoms with Crippen molar-refractivity contribution in [3.63, 3.8) is 0 Å². The molecule has 0 saturated heterocycles. The molecule has 0 fully saturated rings. The molecular weight excluding hydrogens is 434 g/mol. The first kappa shape index (κ1) is 23.3. The Balaban J connectivity index is 1.87. The minimum absolute atomic E-state index is 0.0574. The van der Waals surface area contributed by atoms with Gasteiger partial charge in [-0.3, -0.25) is 4.79 Å². The molecule has 0 atom stereocenters. The summed E-state index contributed by atoms with van der Waals surface area (Å²) >= 11 is 6.47. The number of fused-ring (bicyclic) bond motifs is 1. The number of sulfonamides is 1. The van der Waals surface area contributed by atoms with E-state index >= 15 is 0 Å². The zero-order valence-corrected chi connectivity index (χ0v) is 19.7. The molecule has 3 aromatic rings. The molecule has 8 heteroatoms. The van der Waals surface area contributed by atoms with Crippen LogP contribution >= 0.6 is 11.6 Å². The van der Waals surface area contributed by atoms with E-state index in [0.29, 0.717) is 18.0 Å². The first-order valence-electron chi connectivity index (χ1n) is 10.5. The molecule has 31 heavy (non-hydrogen) atoms. The summed E-state index contributed by atoms with van der Waals surface area (Å²) in [6.45, 7) is 6.48. The van der Waals surface area contributed by atoms with Crippen LogP contribution in [0.4, 0.5) is 0 Å². The fraction of sp³-hybridized carbons (Fsp3) is 0.391. The van der Waals surface area contributed by atoms with Crippen LogP contribution in [-0.4, -0.2) is 29.6 Å². The highest BCUT2D eigenvalue weighted by Gasteiger charge is 2.18. The van der Waals surface area contributed by atoms with E-state index in [1.165, 1.54) is 5.56 Å². The average Bonchev–Trinajstić information content (AvgIpc) is 3.03. The fourth-order valence-corrected chi connectivity index (χ4v) is 4.84. The number of nitrogens with zero attached hydrogens (tertiary/aromatic N) is 2. The number of nitrogens with one attached hydrogen (secondary N) is 1. The van der Waals surface area contributed by atoms with Crippen molar-refractivity contribution in [2.45, 2.75) is 53.0 Å². The van der Waals surface area contributed by atoms with E-state index in [0.717, 1.165) is 41.7 Å². The number of carbonyl (C=O) groups excluding carboxylic acids is 1. The summed E-state index contributed by atoms with van der Waals surface area (Å²) in [6.07, 6.45) is 3.16. The van der Waals surface area contributed by atoms with Gasteiger partial charge in [0.2, 0.25) is 10.0 Å². The molecule has 0 unspecified atom stereocenters. The van der Waals surface area contributed by atoms with Crippen molar-refractivity contribution in [2.75, 3.05) is 5.75 Å². The Morgan fingerprint density at radius 3 is 2.58 bits per heavy atom. The summed E-state index contributed by atoms with van der Waals surface area (Å²) in [7, 11) is -3.66. The SMILES string of the molecule is CCCCCS(=O)(=O)NC(=O)c1ccc2nc(C)n(Cc3ccc(CC)cc3Cl)c2c1. The molecule has 0 aliphatic rings. The Bertz CT molecular complexity index is 1200. The minimum Gasteiger partial charge on any atom is -0.324 e. The zero-order chi connectivity index (χ0) is 22.6. The topological polar surface area (TPSA) is 81.1 Å². The highest BCUT2D eigenvalue weighted by molar-refractivity contribution is 7.90. The van der Waals surface area contributed by atoms with E-state index in [1.54, 1.807) is 18.2 Å². The van der Waals surface area contributed by atoms with Crippen molar-refractivity contribution >= 4 is 38.6 Å². The molecule has 2 aromatic carbocycles. The maximum atomic E-state index is 12.6. The van der Waals surface area contributed by atoms with Gasteiger partial charge in [-0.15, -0.1) is 0 Å². The normalized spacial score (nSPS) is 11.7. The van der Waals surface area contributed by atoms with Gasteiger partial charge in [0, 0.05) is 10.6 Å². The van der Waals surface area contributed by atoms with E-state index in [4.69, 9.17) is 11.6 Å². The number of hydrogen-bond donors (Lipinski definition) is 1. The van der Waals surface area contributed by atoms with Crippen molar-refractivity contribution in [2.24, 2.45) is 0 Å². The van der Waals surface area contributed by atoms with Gasteiger partial charge in [0.15, 0.2) is 0 Å². The van der Waals surface area contributed by atoms with Gasteiger partial charge in [-0.25, -0.2) is 18.1 Å². The van der Waals surface area contributed by atoms with E-state index in [2.05, 4.69) is 22.7 Å². The maximum Gasteiger partial charge on any atom is 0.264 e. The minimum atomic E-state index is -3.66. The number of amides is 1. The summed E-state index contributed by atoms with van der Waals surface area (Å²) in [5.41, 5.74) is 3.89. The van der Waals surface area contributed by atoms with E-state index in [-0.39, 0.29) is 11.3 Å². The number of aryl methyl sites for hydroxylation is 2. The Labute approximate surface area is 188 Å². The molecule has 0 spiro atoms. The summed E-state index contributed by atoms with van der Waals surface area (Å²) in [5, 5.41) is 0.688. The number of benzene rings is 2. The second kappa shape index (κ2) is 9.83. The molecule has 6 nitrogen and oxygen atoms in total. The molecule has 1 N–H and O–H groups in total. The molecule has 0 radical (unpaired) electrons. The van der Waals surface area contributed by atoms with Gasteiger partial charge in [0.05, 0.1) is 23.3 Å². The van der Waals surface area contributed by atoms with Gasteiger partial charge < -0.3 is 4.57 Å². The molecule has 3 rings (SSSR count). The first-order chi connectivity index (χ1) is 14.7. The van der Waals surface area contributed by atoms with Crippen molar-refractivity contribution in [1.29, 1.82) is 0 Å². The van der Waals surface area contributed by atoms with Crippen LogP contribution in [0, 0.1) is 6.92 Å². The number of aromatic nitrogens is 2. The van der Waals surface area contributed by atoms with Crippen LogP contribution in [0.1, 0.15) is 60.4 Å². The van der Waals surface area contributed by atoms with Gasteiger partial charge in [-0.05, 0) is 55.2 Å². The van der Waals surface area contributed by atoms with Crippen LogP contribution < -0.4 is 4.72 Å². The number of hydrogen-bond acceptors (Lipinski definition) is 4. The molecule has 1 heterocycles. The monoisotopic (exact) mass is 461 g/mol. The summed E-state index contributed by atoms with van der Waals surface area (Å²) < 4.78 is 28.5. The number of halogens is 1. The van der Waals surface area contributed by atoms with E-state index < -0.39 is 15.9 Å². The molecule has 0 aliphatic heterocycles. The van der Waals surface area contributed by atoms with Crippen molar-refractivity contribution in [1.82, 2.24) is 14.3 Å². The second-order valence-corrected chi connectivity index (χ2v) is 9.93. The highest BCUT2D eigenvalue weighted by atomic mass is 35.5. The Morgan fingerprint density at radius 2 is 1.90 bits per heavy atom. The van der Waals surface area contributed by atoms with Crippen molar-refractivity contribution < 1.29 is 13.2 Å². The van der Waals surface area contributed by atoms with Gasteiger partial charge >= 0.3 is 0 Å². The summed E-state index contributed by atoms with van der Waals surface area (Å²) in [6, 6.07) is 11.0. The van der Waals surface area contributed by atoms with Gasteiger partial charge in [-0.2, -0.15) is 0 Å². The second-order valence-electron chi connectivity index (χ2n) is 7.69. The largest absolute Gasteiger partial charge is 0.324 e. The number of imidazole rings is 1. The quantitative estimate of drug-likeness (QED) is 0.461. The summed E-state index contributed by atoms with van der Waals surface area (Å²) in [5.74, 6) is 0.0995. The molecule has 1 aromatic heterocycles. The lowest BCUT2D eigenvalue weighted by atomic mass is 10.1. The Kier molecular flexibility index (Phi) is 7.38. The Morgan fingerprint density at radius 1 is 1.13 bits per heavy atom. The number of carbonyl (C=O) groups is 1. The number of rotatable bonds is 9. The highest BCUT2D eigenvalue weighted by Crippen LogP contribution is 2.24. The zero-order valence-electron chi connectivity index (χ0n) is 18.1. The van der Waals surface area contributed by atoms with E-state index in [9.17, 15) is 13.2 Å². The standard InChI is InChI=1S/C23H28ClN3O3S/c1-4-6-7-12-31(29,30)26-23(28)18-10-11-21-22(14-18)27(16(3)25-21)15-19-9-8-17(5-2)13-20(19)24/h8-11,13-14H,4-7,12,15H2,1-3H3,(H,26,28). The molecule has 0 aliphatic carbocycles.